The standard InChI is InChI=1S/C15H14ClNO3S/c16-12-6-5-10(17)9-14(12)21-8-7-20-13-4-2-1-3-11(13)15(18)19/h1-6,9H,7-8,17H2,(H,18,19). The van der Waals surface area contributed by atoms with Crippen LogP contribution < -0.4 is 10.5 Å². The predicted molar refractivity (Wildman–Crippen MR) is 85.5 cm³/mol. The number of nitrogen functional groups attached to an aromatic ring is 1. The minimum atomic E-state index is -1.00. The lowest BCUT2D eigenvalue weighted by Crippen LogP contribution is -2.05. The maximum absolute atomic E-state index is 11.0. The van der Waals surface area contributed by atoms with E-state index in [2.05, 4.69) is 0 Å². The lowest BCUT2D eigenvalue weighted by atomic mass is 10.2. The second-order valence-electron chi connectivity index (χ2n) is 4.19. The van der Waals surface area contributed by atoms with Crippen molar-refractivity contribution in [2.75, 3.05) is 18.1 Å². The summed E-state index contributed by atoms with van der Waals surface area (Å²) in [4.78, 5) is 11.9. The molecule has 0 saturated carbocycles. The fourth-order valence-corrected chi connectivity index (χ4v) is 2.80. The highest BCUT2D eigenvalue weighted by Gasteiger charge is 2.10. The first-order valence-electron chi connectivity index (χ1n) is 6.21. The van der Waals surface area contributed by atoms with Crippen LogP contribution in [0.4, 0.5) is 5.69 Å². The molecular weight excluding hydrogens is 310 g/mol. The number of carboxylic acids is 1. The third-order valence-corrected chi connectivity index (χ3v) is 4.13. The van der Waals surface area contributed by atoms with E-state index >= 15 is 0 Å². The van der Waals surface area contributed by atoms with Crippen LogP contribution in [0.5, 0.6) is 5.75 Å². The summed E-state index contributed by atoms with van der Waals surface area (Å²) in [5.74, 6) is -0.00155. The molecule has 0 aliphatic carbocycles. The summed E-state index contributed by atoms with van der Waals surface area (Å²) in [7, 11) is 0. The van der Waals surface area contributed by atoms with Crippen molar-refractivity contribution in [2.24, 2.45) is 0 Å². The molecule has 0 atom stereocenters. The van der Waals surface area contributed by atoms with E-state index in [1.54, 1.807) is 36.4 Å². The first-order chi connectivity index (χ1) is 10.1. The van der Waals surface area contributed by atoms with E-state index < -0.39 is 5.97 Å². The molecule has 2 rings (SSSR count). The maximum Gasteiger partial charge on any atom is 0.339 e. The van der Waals surface area contributed by atoms with Crippen molar-refractivity contribution < 1.29 is 14.6 Å². The molecule has 0 aliphatic heterocycles. The normalized spacial score (nSPS) is 10.3. The molecule has 0 fully saturated rings. The van der Waals surface area contributed by atoms with E-state index in [1.165, 1.54) is 17.8 Å². The van der Waals surface area contributed by atoms with Gasteiger partial charge in [-0.15, -0.1) is 11.8 Å². The van der Waals surface area contributed by atoms with Crippen molar-refractivity contribution in [1.82, 2.24) is 0 Å². The van der Waals surface area contributed by atoms with Gasteiger partial charge in [0.2, 0.25) is 0 Å². The Morgan fingerprint density at radius 3 is 2.81 bits per heavy atom. The van der Waals surface area contributed by atoms with E-state index in [1.807, 2.05) is 0 Å². The molecule has 0 unspecified atom stereocenters. The van der Waals surface area contributed by atoms with Crippen LogP contribution in [0.1, 0.15) is 10.4 Å². The molecule has 6 heteroatoms. The second kappa shape index (κ2) is 7.24. The number of nitrogens with two attached hydrogens (primary N) is 1. The summed E-state index contributed by atoms with van der Waals surface area (Å²) in [6, 6.07) is 11.9. The first-order valence-corrected chi connectivity index (χ1v) is 7.57. The third-order valence-electron chi connectivity index (χ3n) is 2.67. The van der Waals surface area contributed by atoms with Crippen LogP contribution in [-0.4, -0.2) is 23.4 Å². The lowest BCUT2D eigenvalue weighted by molar-refractivity contribution is 0.0692. The summed E-state index contributed by atoms with van der Waals surface area (Å²) < 4.78 is 5.51. The monoisotopic (exact) mass is 323 g/mol. The SMILES string of the molecule is Nc1ccc(Cl)c(SCCOc2ccccc2C(=O)O)c1. The van der Waals surface area contributed by atoms with Crippen molar-refractivity contribution in [3.05, 3.63) is 53.1 Å². The van der Waals surface area contributed by atoms with E-state index in [4.69, 9.17) is 27.2 Å². The first kappa shape index (κ1) is 15.5. The van der Waals surface area contributed by atoms with Gasteiger partial charge >= 0.3 is 5.97 Å². The molecule has 0 saturated heterocycles. The van der Waals surface area contributed by atoms with Crippen LogP contribution >= 0.6 is 23.4 Å². The molecule has 3 N–H and O–H groups in total. The number of benzene rings is 2. The van der Waals surface area contributed by atoms with Crippen molar-refractivity contribution >= 4 is 35.0 Å². The molecule has 0 spiro atoms. The molecule has 21 heavy (non-hydrogen) atoms. The van der Waals surface area contributed by atoms with E-state index in [0.29, 0.717) is 28.8 Å². The van der Waals surface area contributed by atoms with Gasteiger partial charge in [0.1, 0.15) is 11.3 Å². The van der Waals surface area contributed by atoms with Crippen LogP contribution in [0.3, 0.4) is 0 Å². The largest absolute Gasteiger partial charge is 0.492 e. The fourth-order valence-electron chi connectivity index (χ4n) is 1.70. The number of thioether (sulfide) groups is 1. The van der Waals surface area contributed by atoms with E-state index in [0.717, 1.165) is 4.90 Å². The van der Waals surface area contributed by atoms with Gasteiger partial charge in [-0.3, -0.25) is 0 Å². The molecule has 2 aromatic carbocycles. The van der Waals surface area contributed by atoms with Gasteiger partial charge < -0.3 is 15.6 Å². The zero-order valence-corrected chi connectivity index (χ0v) is 12.7. The van der Waals surface area contributed by atoms with Crippen LogP contribution in [0.25, 0.3) is 0 Å². The Morgan fingerprint density at radius 2 is 2.05 bits per heavy atom. The van der Waals surface area contributed by atoms with Gasteiger partial charge in [-0.2, -0.15) is 0 Å². The van der Waals surface area contributed by atoms with Crippen LogP contribution in [0.2, 0.25) is 5.02 Å². The van der Waals surface area contributed by atoms with Crippen molar-refractivity contribution in [3.8, 4) is 5.75 Å². The Morgan fingerprint density at radius 1 is 1.29 bits per heavy atom. The van der Waals surface area contributed by atoms with Gasteiger partial charge in [-0.1, -0.05) is 23.7 Å². The molecule has 0 bridgehead atoms. The van der Waals surface area contributed by atoms with Crippen LogP contribution in [0.15, 0.2) is 47.4 Å². The van der Waals surface area contributed by atoms with Crippen molar-refractivity contribution in [3.63, 3.8) is 0 Å². The van der Waals surface area contributed by atoms with E-state index in [9.17, 15) is 4.79 Å². The number of ether oxygens (including phenoxy) is 1. The molecule has 4 nitrogen and oxygen atoms in total. The molecule has 110 valence electrons. The topological polar surface area (TPSA) is 72.5 Å². The van der Waals surface area contributed by atoms with Gasteiger partial charge in [0.05, 0.1) is 11.6 Å². The number of halogens is 1. The van der Waals surface area contributed by atoms with E-state index in [-0.39, 0.29) is 5.56 Å². The number of para-hydroxylation sites is 1. The zero-order valence-electron chi connectivity index (χ0n) is 11.1. The second-order valence-corrected chi connectivity index (χ2v) is 5.73. The number of rotatable bonds is 6. The molecule has 0 amide bonds. The van der Waals surface area contributed by atoms with Gasteiger partial charge in [-0.05, 0) is 30.3 Å². The molecular formula is C15H14ClNO3S. The van der Waals surface area contributed by atoms with Gasteiger partial charge in [0.15, 0.2) is 0 Å². The quantitative estimate of drug-likeness (QED) is 0.480. The maximum atomic E-state index is 11.0. The Labute approximate surface area is 131 Å². The average Bonchev–Trinajstić information content (AvgIpc) is 2.47. The van der Waals surface area contributed by atoms with Crippen molar-refractivity contribution in [2.45, 2.75) is 4.90 Å². The molecule has 0 radical (unpaired) electrons. The molecule has 0 aliphatic rings. The summed E-state index contributed by atoms with van der Waals surface area (Å²) >= 11 is 7.57. The Hall–Kier alpha value is -1.85. The Balaban J connectivity index is 1.91. The van der Waals surface area contributed by atoms with Crippen molar-refractivity contribution in [1.29, 1.82) is 0 Å². The van der Waals surface area contributed by atoms with Gasteiger partial charge in [-0.25, -0.2) is 4.79 Å². The number of aromatic carboxylic acids is 1. The van der Waals surface area contributed by atoms with Gasteiger partial charge in [0.25, 0.3) is 0 Å². The minimum absolute atomic E-state index is 0.157. The van der Waals surface area contributed by atoms with Gasteiger partial charge in [0, 0.05) is 16.3 Å². The molecule has 0 heterocycles. The fraction of sp³-hybridized carbons (Fsp3) is 0.133. The summed E-state index contributed by atoms with van der Waals surface area (Å²) in [5.41, 5.74) is 6.52. The smallest absolute Gasteiger partial charge is 0.339 e. The number of anilines is 1. The Bertz CT molecular complexity index is 649. The number of carboxylic acid groups (broad SMARTS) is 1. The third kappa shape index (κ3) is 4.31. The number of hydrogen-bond donors (Lipinski definition) is 2. The van der Waals surface area contributed by atoms with Crippen LogP contribution in [-0.2, 0) is 0 Å². The number of carbonyl (C=O) groups is 1. The lowest BCUT2D eigenvalue weighted by Gasteiger charge is -2.09. The zero-order chi connectivity index (χ0) is 15.2. The Kier molecular flexibility index (Phi) is 5.36. The summed E-state index contributed by atoms with van der Waals surface area (Å²) in [6.45, 7) is 0.375. The summed E-state index contributed by atoms with van der Waals surface area (Å²) in [5, 5.41) is 9.69. The summed E-state index contributed by atoms with van der Waals surface area (Å²) in [6.07, 6.45) is 0. The highest BCUT2D eigenvalue weighted by atomic mass is 35.5. The highest BCUT2D eigenvalue weighted by Crippen LogP contribution is 2.29. The number of hydrogen-bond acceptors (Lipinski definition) is 4. The molecule has 2 aromatic rings. The minimum Gasteiger partial charge on any atom is -0.492 e. The molecule has 0 aromatic heterocycles. The average molecular weight is 324 g/mol. The highest BCUT2D eigenvalue weighted by molar-refractivity contribution is 7.99. The predicted octanol–water partition coefficient (Wildman–Crippen LogP) is 3.79. The van der Waals surface area contributed by atoms with Crippen LogP contribution in [0, 0.1) is 0 Å².